The number of hydrogen-bond donors (Lipinski definition) is 2. The smallest absolute Gasteiger partial charge is 0.269 e. The molecule has 8 heteroatoms. The first-order chi connectivity index (χ1) is 12.1. The van der Waals surface area contributed by atoms with Crippen LogP contribution in [0.25, 0.3) is 0 Å². The zero-order valence-corrected chi connectivity index (χ0v) is 16.5. The van der Waals surface area contributed by atoms with Crippen LogP contribution < -0.4 is 15.8 Å². The molecule has 0 saturated carbocycles. The fourth-order valence-corrected chi connectivity index (χ4v) is 2.81. The number of non-ortho nitro benzene ring substituents is 1. The number of para-hydroxylation sites is 1. The second-order valence-electron chi connectivity index (χ2n) is 5.81. The fourth-order valence-electron chi connectivity index (χ4n) is 2.81. The van der Waals surface area contributed by atoms with Crippen molar-refractivity contribution >= 4 is 35.6 Å². The van der Waals surface area contributed by atoms with Crippen LogP contribution in [0.2, 0.25) is 0 Å². The second kappa shape index (κ2) is 9.37. The standard InChI is InChI=1S/C18H20N4O3.HI/c19-18(20-11-9-13-5-7-14(8-6-13)22(23)24)21-16-10-12-25-17-4-2-1-3-15(16)17;/h1-8,16H,9-12H2,(H3,19,20,21);1H. The Hall–Kier alpha value is -2.36. The lowest BCUT2D eigenvalue weighted by molar-refractivity contribution is -0.384. The summed E-state index contributed by atoms with van der Waals surface area (Å²) in [7, 11) is 0. The minimum Gasteiger partial charge on any atom is -0.493 e. The van der Waals surface area contributed by atoms with Gasteiger partial charge in [0.15, 0.2) is 5.96 Å². The van der Waals surface area contributed by atoms with E-state index in [-0.39, 0.29) is 35.7 Å². The number of benzene rings is 2. The molecule has 0 amide bonds. The number of nitro groups is 1. The number of nitro benzene ring substituents is 1. The average Bonchev–Trinajstić information content (AvgIpc) is 2.62. The van der Waals surface area contributed by atoms with Crippen LogP contribution in [0.1, 0.15) is 23.6 Å². The lowest BCUT2D eigenvalue weighted by atomic mass is 10.0. The highest BCUT2D eigenvalue weighted by atomic mass is 127. The highest BCUT2D eigenvalue weighted by Gasteiger charge is 2.21. The van der Waals surface area contributed by atoms with Gasteiger partial charge in [0.25, 0.3) is 5.69 Å². The third-order valence-electron chi connectivity index (χ3n) is 4.11. The second-order valence-corrected chi connectivity index (χ2v) is 5.81. The van der Waals surface area contributed by atoms with Crippen LogP contribution in [0.3, 0.4) is 0 Å². The largest absolute Gasteiger partial charge is 0.493 e. The van der Waals surface area contributed by atoms with Crippen molar-refractivity contribution in [2.45, 2.75) is 18.9 Å². The molecule has 26 heavy (non-hydrogen) atoms. The summed E-state index contributed by atoms with van der Waals surface area (Å²) in [5, 5.41) is 13.9. The molecule has 0 bridgehead atoms. The SMILES string of the molecule is I.NC(=NCCc1ccc([N+](=O)[O-])cc1)NC1CCOc2ccccc21. The van der Waals surface area contributed by atoms with Crippen molar-refractivity contribution in [1.82, 2.24) is 5.32 Å². The summed E-state index contributed by atoms with van der Waals surface area (Å²) in [6, 6.07) is 14.5. The Bertz CT molecular complexity index is 780. The van der Waals surface area contributed by atoms with Gasteiger partial charge < -0.3 is 15.8 Å². The molecule has 2 aromatic carbocycles. The van der Waals surface area contributed by atoms with E-state index in [1.165, 1.54) is 12.1 Å². The minimum absolute atomic E-state index is 0. The number of ether oxygens (including phenoxy) is 1. The van der Waals surface area contributed by atoms with Crippen molar-refractivity contribution in [2.24, 2.45) is 10.7 Å². The van der Waals surface area contributed by atoms with Crippen molar-refractivity contribution in [3.63, 3.8) is 0 Å². The molecule has 1 atom stereocenters. The number of rotatable bonds is 5. The van der Waals surface area contributed by atoms with Gasteiger partial charge in [0.05, 0.1) is 17.6 Å². The van der Waals surface area contributed by atoms with Crippen molar-refractivity contribution in [2.75, 3.05) is 13.2 Å². The van der Waals surface area contributed by atoms with E-state index in [2.05, 4.69) is 10.3 Å². The molecule has 0 radical (unpaired) electrons. The quantitative estimate of drug-likeness (QED) is 0.231. The van der Waals surface area contributed by atoms with Gasteiger partial charge in [0.1, 0.15) is 5.75 Å². The van der Waals surface area contributed by atoms with Crippen molar-refractivity contribution in [1.29, 1.82) is 0 Å². The molecular weight excluding hydrogens is 447 g/mol. The molecule has 0 aliphatic carbocycles. The average molecular weight is 468 g/mol. The first kappa shape index (κ1) is 20.0. The molecule has 1 heterocycles. The summed E-state index contributed by atoms with van der Waals surface area (Å²) < 4.78 is 5.63. The minimum atomic E-state index is -0.407. The summed E-state index contributed by atoms with van der Waals surface area (Å²) in [5.74, 6) is 1.27. The number of nitrogens with one attached hydrogen (secondary N) is 1. The van der Waals surface area contributed by atoms with Crippen LogP contribution in [0, 0.1) is 10.1 Å². The van der Waals surface area contributed by atoms with E-state index >= 15 is 0 Å². The number of nitrogens with two attached hydrogens (primary N) is 1. The van der Waals surface area contributed by atoms with Crippen LogP contribution in [-0.2, 0) is 6.42 Å². The third kappa shape index (κ3) is 5.07. The Balaban J connectivity index is 0.00000243. The van der Waals surface area contributed by atoms with E-state index in [9.17, 15) is 10.1 Å². The number of fused-ring (bicyclic) bond motifs is 1. The maximum atomic E-state index is 10.6. The molecule has 2 aromatic rings. The van der Waals surface area contributed by atoms with Gasteiger partial charge in [0, 0.05) is 30.7 Å². The molecule has 1 aliphatic rings. The molecule has 1 aliphatic heterocycles. The number of guanidine groups is 1. The monoisotopic (exact) mass is 468 g/mol. The van der Waals surface area contributed by atoms with Gasteiger partial charge in [-0.3, -0.25) is 15.1 Å². The maximum Gasteiger partial charge on any atom is 0.269 e. The van der Waals surface area contributed by atoms with Gasteiger partial charge in [-0.05, 0) is 18.1 Å². The Morgan fingerprint density at radius 3 is 2.73 bits per heavy atom. The van der Waals surface area contributed by atoms with Gasteiger partial charge in [-0.15, -0.1) is 24.0 Å². The highest BCUT2D eigenvalue weighted by molar-refractivity contribution is 14.0. The molecule has 7 nitrogen and oxygen atoms in total. The molecule has 0 aromatic heterocycles. The van der Waals surface area contributed by atoms with Gasteiger partial charge in [-0.25, -0.2) is 0 Å². The summed E-state index contributed by atoms with van der Waals surface area (Å²) in [5.41, 5.74) is 8.16. The van der Waals surface area contributed by atoms with Gasteiger partial charge in [-0.2, -0.15) is 0 Å². The number of hydrogen-bond acceptors (Lipinski definition) is 4. The Morgan fingerprint density at radius 1 is 1.27 bits per heavy atom. The van der Waals surface area contributed by atoms with Gasteiger partial charge >= 0.3 is 0 Å². The lowest BCUT2D eigenvalue weighted by Gasteiger charge is -2.26. The summed E-state index contributed by atoms with van der Waals surface area (Å²) in [6.07, 6.45) is 1.50. The lowest BCUT2D eigenvalue weighted by Crippen LogP contribution is -2.37. The zero-order valence-electron chi connectivity index (χ0n) is 14.1. The fraction of sp³-hybridized carbons (Fsp3) is 0.278. The molecule has 0 saturated heterocycles. The van der Waals surface area contributed by atoms with E-state index < -0.39 is 4.92 Å². The summed E-state index contributed by atoms with van der Waals surface area (Å²) in [4.78, 5) is 14.6. The molecule has 3 rings (SSSR count). The Labute approximate surface area is 168 Å². The van der Waals surface area contributed by atoms with Crippen molar-refractivity contribution in [3.8, 4) is 5.75 Å². The Kier molecular flexibility index (Phi) is 7.19. The Morgan fingerprint density at radius 2 is 2.00 bits per heavy atom. The highest BCUT2D eigenvalue weighted by Crippen LogP contribution is 2.31. The van der Waals surface area contributed by atoms with Crippen LogP contribution in [0.4, 0.5) is 5.69 Å². The van der Waals surface area contributed by atoms with E-state index in [4.69, 9.17) is 10.5 Å². The van der Waals surface area contributed by atoms with Crippen LogP contribution in [-0.4, -0.2) is 24.0 Å². The van der Waals surface area contributed by atoms with E-state index in [0.717, 1.165) is 23.3 Å². The van der Waals surface area contributed by atoms with Crippen LogP contribution >= 0.6 is 24.0 Å². The van der Waals surface area contributed by atoms with Gasteiger partial charge in [-0.1, -0.05) is 30.3 Å². The summed E-state index contributed by atoms with van der Waals surface area (Å²) >= 11 is 0. The maximum absolute atomic E-state index is 10.6. The zero-order chi connectivity index (χ0) is 17.6. The first-order valence-corrected chi connectivity index (χ1v) is 8.15. The first-order valence-electron chi connectivity index (χ1n) is 8.15. The van der Waals surface area contributed by atoms with Crippen LogP contribution in [0.15, 0.2) is 53.5 Å². The number of aliphatic imine (C=N–C) groups is 1. The molecular formula is C18H21IN4O3. The molecule has 3 N–H and O–H groups in total. The number of halogens is 1. The molecule has 138 valence electrons. The van der Waals surface area contributed by atoms with Crippen molar-refractivity contribution in [3.05, 3.63) is 69.8 Å². The van der Waals surface area contributed by atoms with E-state index in [1.54, 1.807) is 12.1 Å². The van der Waals surface area contributed by atoms with E-state index in [1.807, 2.05) is 24.3 Å². The predicted molar refractivity (Wildman–Crippen MR) is 111 cm³/mol. The third-order valence-corrected chi connectivity index (χ3v) is 4.11. The normalized spacial score (nSPS) is 16.0. The predicted octanol–water partition coefficient (Wildman–Crippen LogP) is 3.18. The van der Waals surface area contributed by atoms with Crippen LogP contribution in [0.5, 0.6) is 5.75 Å². The number of nitrogens with zero attached hydrogens (tertiary/aromatic N) is 2. The van der Waals surface area contributed by atoms with Gasteiger partial charge in [0.2, 0.25) is 0 Å². The molecule has 0 fully saturated rings. The summed E-state index contributed by atoms with van der Waals surface area (Å²) in [6.45, 7) is 1.16. The molecule has 0 spiro atoms. The molecule has 1 unspecified atom stereocenters. The van der Waals surface area contributed by atoms with E-state index in [0.29, 0.717) is 25.5 Å². The van der Waals surface area contributed by atoms with Crippen molar-refractivity contribution < 1.29 is 9.66 Å². The topological polar surface area (TPSA) is 103 Å².